The van der Waals surface area contributed by atoms with Crippen LogP contribution in [0.1, 0.15) is 35.3 Å². The summed E-state index contributed by atoms with van der Waals surface area (Å²) in [6.45, 7) is 2.00. The first-order valence-corrected chi connectivity index (χ1v) is 10.9. The van der Waals surface area contributed by atoms with E-state index < -0.39 is 10.0 Å². The van der Waals surface area contributed by atoms with Crippen LogP contribution in [0.15, 0.2) is 89.8 Å². The normalized spacial score (nSPS) is 12.2. The average Bonchev–Trinajstić information content (AvgIpc) is 2.78. The highest BCUT2D eigenvalue weighted by Crippen LogP contribution is 2.26. The molecule has 0 fully saturated rings. The Hall–Kier alpha value is -3.12. The van der Waals surface area contributed by atoms with E-state index in [0.29, 0.717) is 11.3 Å². The molecule has 1 atom stereocenters. The summed E-state index contributed by atoms with van der Waals surface area (Å²) in [7, 11) is -2.32. The van der Waals surface area contributed by atoms with Gasteiger partial charge in [-0.05, 0) is 36.2 Å². The molecule has 0 spiro atoms. The summed E-state index contributed by atoms with van der Waals surface area (Å²) >= 11 is 0. The molecule has 0 bridgehead atoms. The van der Waals surface area contributed by atoms with Crippen LogP contribution in [-0.2, 0) is 10.0 Å². The maximum absolute atomic E-state index is 13.0. The van der Waals surface area contributed by atoms with Crippen molar-refractivity contribution >= 4 is 21.6 Å². The Labute approximate surface area is 172 Å². The van der Waals surface area contributed by atoms with Gasteiger partial charge < -0.3 is 5.32 Å². The monoisotopic (exact) mass is 408 g/mol. The van der Waals surface area contributed by atoms with Crippen LogP contribution in [0.4, 0.5) is 5.69 Å². The maximum Gasteiger partial charge on any atom is 0.264 e. The molecule has 0 aliphatic heterocycles. The van der Waals surface area contributed by atoms with Crippen LogP contribution in [0.25, 0.3) is 0 Å². The zero-order valence-electron chi connectivity index (χ0n) is 16.4. The van der Waals surface area contributed by atoms with E-state index in [2.05, 4.69) is 5.32 Å². The number of benzene rings is 3. The third-order valence-corrected chi connectivity index (χ3v) is 6.59. The molecule has 3 aromatic carbocycles. The molecular formula is C23H24N2O3S. The quantitative estimate of drug-likeness (QED) is 0.630. The van der Waals surface area contributed by atoms with E-state index in [4.69, 9.17) is 0 Å². The molecule has 0 saturated heterocycles. The van der Waals surface area contributed by atoms with Crippen LogP contribution in [0, 0.1) is 0 Å². The molecule has 0 aromatic heterocycles. The van der Waals surface area contributed by atoms with E-state index in [9.17, 15) is 13.2 Å². The van der Waals surface area contributed by atoms with Crippen molar-refractivity contribution in [2.24, 2.45) is 0 Å². The van der Waals surface area contributed by atoms with Crippen LogP contribution < -0.4 is 9.62 Å². The van der Waals surface area contributed by atoms with E-state index in [1.165, 1.54) is 19.2 Å². The van der Waals surface area contributed by atoms with Crippen molar-refractivity contribution in [2.75, 3.05) is 11.4 Å². The summed E-state index contributed by atoms with van der Waals surface area (Å²) in [5.74, 6) is -0.314. The number of hydrogen-bond donors (Lipinski definition) is 1. The zero-order valence-corrected chi connectivity index (χ0v) is 17.3. The first-order chi connectivity index (χ1) is 13.9. The third-order valence-electron chi connectivity index (χ3n) is 4.81. The summed E-state index contributed by atoms with van der Waals surface area (Å²) in [5.41, 5.74) is 1.65. The zero-order chi connectivity index (χ0) is 20.9. The molecule has 1 amide bonds. The fourth-order valence-corrected chi connectivity index (χ4v) is 4.40. The van der Waals surface area contributed by atoms with E-state index in [0.717, 1.165) is 16.3 Å². The Morgan fingerprint density at radius 1 is 0.897 bits per heavy atom. The summed E-state index contributed by atoms with van der Waals surface area (Å²) in [4.78, 5) is 13.2. The average molecular weight is 409 g/mol. The van der Waals surface area contributed by atoms with Crippen molar-refractivity contribution < 1.29 is 13.2 Å². The lowest BCUT2D eigenvalue weighted by Gasteiger charge is -2.23. The molecule has 29 heavy (non-hydrogen) atoms. The van der Waals surface area contributed by atoms with Gasteiger partial charge in [-0.15, -0.1) is 0 Å². The lowest BCUT2D eigenvalue weighted by atomic mass is 10.0. The molecule has 1 N–H and O–H groups in total. The summed E-state index contributed by atoms with van der Waals surface area (Å²) < 4.78 is 27.2. The summed E-state index contributed by atoms with van der Waals surface area (Å²) in [6.07, 6.45) is 0.718. The number of amides is 1. The van der Waals surface area contributed by atoms with Gasteiger partial charge in [0.05, 0.1) is 22.2 Å². The first kappa shape index (κ1) is 20.6. The van der Waals surface area contributed by atoms with Crippen molar-refractivity contribution in [3.05, 3.63) is 96.1 Å². The van der Waals surface area contributed by atoms with Crippen molar-refractivity contribution in [3.63, 3.8) is 0 Å². The molecule has 0 heterocycles. The van der Waals surface area contributed by atoms with Crippen molar-refractivity contribution in [1.29, 1.82) is 0 Å². The Balaban J connectivity index is 1.91. The molecule has 1 unspecified atom stereocenters. The number of nitrogens with one attached hydrogen (secondary N) is 1. The topological polar surface area (TPSA) is 66.5 Å². The molecule has 3 rings (SSSR count). The number of sulfonamides is 1. The fourth-order valence-electron chi connectivity index (χ4n) is 3.16. The van der Waals surface area contributed by atoms with Crippen LogP contribution in [0.5, 0.6) is 0 Å². The van der Waals surface area contributed by atoms with Crippen molar-refractivity contribution in [3.8, 4) is 0 Å². The fraction of sp³-hybridized carbons (Fsp3) is 0.174. The highest BCUT2D eigenvalue weighted by atomic mass is 32.2. The van der Waals surface area contributed by atoms with Gasteiger partial charge in [0, 0.05) is 7.05 Å². The van der Waals surface area contributed by atoms with Crippen LogP contribution >= 0.6 is 0 Å². The summed E-state index contributed by atoms with van der Waals surface area (Å²) in [6, 6.07) is 24.5. The highest BCUT2D eigenvalue weighted by molar-refractivity contribution is 7.92. The highest BCUT2D eigenvalue weighted by Gasteiger charge is 2.25. The molecular weight excluding hydrogens is 384 g/mol. The predicted octanol–water partition coefficient (Wildman–Crippen LogP) is 4.39. The number of para-hydroxylation sites is 1. The Bertz CT molecular complexity index is 1070. The number of carbonyl (C=O) groups excluding carboxylic acids is 1. The number of hydrogen-bond acceptors (Lipinski definition) is 3. The van der Waals surface area contributed by atoms with Gasteiger partial charge >= 0.3 is 0 Å². The van der Waals surface area contributed by atoms with E-state index in [-0.39, 0.29) is 16.8 Å². The minimum Gasteiger partial charge on any atom is -0.345 e. The van der Waals surface area contributed by atoms with Gasteiger partial charge in [0.25, 0.3) is 15.9 Å². The standard InChI is InChI=1S/C23H24N2O3S/c1-3-21(18-12-6-4-7-13-18)24-23(26)20-16-10-11-17-22(20)25(2)29(27,28)19-14-8-5-9-15-19/h4-17,21H,3H2,1-2H3,(H,24,26). The van der Waals surface area contributed by atoms with Gasteiger partial charge in [0.15, 0.2) is 0 Å². The smallest absolute Gasteiger partial charge is 0.264 e. The Kier molecular flexibility index (Phi) is 6.34. The molecule has 0 aliphatic rings. The molecule has 5 nitrogen and oxygen atoms in total. The molecule has 0 radical (unpaired) electrons. The van der Waals surface area contributed by atoms with Gasteiger partial charge in [0.1, 0.15) is 0 Å². The number of rotatable bonds is 7. The van der Waals surface area contributed by atoms with Gasteiger partial charge in [-0.2, -0.15) is 0 Å². The second kappa shape index (κ2) is 8.92. The Morgan fingerprint density at radius 2 is 1.45 bits per heavy atom. The molecule has 0 saturated carbocycles. The summed E-state index contributed by atoms with van der Waals surface area (Å²) in [5, 5.41) is 3.03. The van der Waals surface area contributed by atoms with Crippen LogP contribution in [0.2, 0.25) is 0 Å². The number of anilines is 1. The SMILES string of the molecule is CCC(NC(=O)c1ccccc1N(C)S(=O)(=O)c1ccccc1)c1ccccc1. The second-order valence-electron chi connectivity index (χ2n) is 6.65. The van der Waals surface area contributed by atoms with E-state index in [1.807, 2.05) is 37.3 Å². The van der Waals surface area contributed by atoms with Crippen molar-refractivity contribution in [1.82, 2.24) is 5.32 Å². The van der Waals surface area contributed by atoms with Gasteiger partial charge in [-0.3, -0.25) is 9.10 Å². The van der Waals surface area contributed by atoms with Gasteiger partial charge in [0.2, 0.25) is 0 Å². The van der Waals surface area contributed by atoms with Gasteiger partial charge in [-0.25, -0.2) is 8.42 Å². The second-order valence-corrected chi connectivity index (χ2v) is 8.62. The van der Waals surface area contributed by atoms with E-state index >= 15 is 0 Å². The molecule has 0 aliphatic carbocycles. The first-order valence-electron chi connectivity index (χ1n) is 9.44. The predicted molar refractivity (Wildman–Crippen MR) is 115 cm³/mol. The maximum atomic E-state index is 13.0. The largest absolute Gasteiger partial charge is 0.345 e. The number of carbonyl (C=O) groups is 1. The third kappa shape index (κ3) is 4.49. The molecule has 6 heteroatoms. The minimum absolute atomic E-state index is 0.159. The lowest BCUT2D eigenvalue weighted by molar-refractivity contribution is 0.0936. The lowest BCUT2D eigenvalue weighted by Crippen LogP contribution is -2.32. The van der Waals surface area contributed by atoms with E-state index in [1.54, 1.807) is 42.5 Å². The van der Waals surface area contributed by atoms with Crippen LogP contribution in [-0.4, -0.2) is 21.4 Å². The van der Waals surface area contributed by atoms with Crippen LogP contribution in [0.3, 0.4) is 0 Å². The number of nitrogens with zero attached hydrogens (tertiary/aromatic N) is 1. The Morgan fingerprint density at radius 3 is 2.07 bits per heavy atom. The minimum atomic E-state index is -3.78. The molecule has 3 aromatic rings. The van der Waals surface area contributed by atoms with Gasteiger partial charge in [-0.1, -0.05) is 67.6 Å². The van der Waals surface area contributed by atoms with Crippen molar-refractivity contribution in [2.45, 2.75) is 24.3 Å². The molecule has 150 valence electrons.